The summed E-state index contributed by atoms with van der Waals surface area (Å²) in [5.74, 6) is 2.66. The molecule has 1 aliphatic heterocycles. The molecule has 1 heterocycles. The predicted octanol–water partition coefficient (Wildman–Crippen LogP) is 3.40. The highest BCUT2D eigenvalue weighted by Gasteiger charge is 2.32. The fourth-order valence-electron chi connectivity index (χ4n) is 2.76. The molecule has 0 spiro atoms. The van der Waals surface area contributed by atoms with Gasteiger partial charge in [0.2, 0.25) is 0 Å². The zero-order valence-electron chi connectivity index (χ0n) is 10.8. The lowest BCUT2D eigenvalue weighted by molar-refractivity contribution is 0.0382. The van der Waals surface area contributed by atoms with Crippen molar-refractivity contribution in [3.05, 3.63) is 0 Å². The Morgan fingerprint density at radius 1 is 1.21 bits per heavy atom. The van der Waals surface area contributed by atoms with Crippen molar-refractivity contribution >= 4 is 0 Å². The standard InChI is InChI=1S/C13H27N/c1-10(2)12-7-8-14(9-11(12)3)13(4,5)6/h10-12H,7-9H2,1-6H3/t11-,12?/m1/s1. The van der Waals surface area contributed by atoms with Crippen LogP contribution in [0.3, 0.4) is 0 Å². The average molecular weight is 197 g/mol. The van der Waals surface area contributed by atoms with Gasteiger partial charge >= 0.3 is 0 Å². The van der Waals surface area contributed by atoms with Crippen molar-refractivity contribution in [2.45, 2.75) is 53.5 Å². The zero-order chi connectivity index (χ0) is 10.9. The van der Waals surface area contributed by atoms with E-state index in [0.717, 1.165) is 17.8 Å². The van der Waals surface area contributed by atoms with Crippen LogP contribution in [-0.2, 0) is 0 Å². The van der Waals surface area contributed by atoms with Gasteiger partial charge in [-0.05, 0) is 51.5 Å². The van der Waals surface area contributed by atoms with Gasteiger partial charge in [-0.2, -0.15) is 0 Å². The summed E-state index contributed by atoms with van der Waals surface area (Å²) in [6.45, 7) is 16.7. The van der Waals surface area contributed by atoms with Crippen LogP contribution >= 0.6 is 0 Å². The predicted molar refractivity (Wildman–Crippen MR) is 63.4 cm³/mol. The van der Waals surface area contributed by atoms with E-state index < -0.39 is 0 Å². The largest absolute Gasteiger partial charge is 0.298 e. The van der Waals surface area contributed by atoms with Crippen molar-refractivity contribution in [3.63, 3.8) is 0 Å². The molecule has 1 rings (SSSR count). The summed E-state index contributed by atoms with van der Waals surface area (Å²) >= 11 is 0. The van der Waals surface area contributed by atoms with E-state index in [9.17, 15) is 0 Å². The molecule has 84 valence electrons. The van der Waals surface area contributed by atoms with E-state index in [2.05, 4.69) is 46.4 Å². The van der Waals surface area contributed by atoms with Gasteiger partial charge in [0.25, 0.3) is 0 Å². The highest BCUT2D eigenvalue weighted by atomic mass is 15.2. The summed E-state index contributed by atoms with van der Waals surface area (Å²) in [6, 6.07) is 0. The quantitative estimate of drug-likeness (QED) is 0.623. The minimum absolute atomic E-state index is 0.357. The summed E-state index contributed by atoms with van der Waals surface area (Å²) < 4.78 is 0. The number of nitrogens with zero attached hydrogens (tertiary/aromatic N) is 1. The van der Waals surface area contributed by atoms with Gasteiger partial charge in [0.05, 0.1) is 0 Å². The molecule has 0 aromatic rings. The first-order chi connectivity index (χ1) is 6.32. The number of rotatable bonds is 1. The Bertz CT molecular complexity index is 178. The molecule has 0 radical (unpaired) electrons. The molecule has 0 aliphatic carbocycles. The first kappa shape index (κ1) is 12.0. The van der Waals surface area contributed by atoms with E-state index in [0.29, 0.717) is 5.54 Å². The van der Waals surface area contributed by atoms with Gasteiger partial charge < -0.3 is 0 Å². The second-order valence-corrected chi connectivity index (χ2v) is 6.29. The number of piperidine rings is 1. The third-order valence-corrected chi connectivity index (χ3v) is 3.78. The average Bonchev–Trinajstić information content (AvgIpc) is 2.01. The van der Waals surface area contributed by atoms with Crippen LogP contribution in [0.2, 0.25) is 0 Å². The third-order valence-electron chi connectivity index (χ3n) is 3.78. The van der Waals surface area contributed by atoms with Crippen molar-refractivity contribution in [2.75, 3.05) is 13.1 Å². The molecule has 1 nitrogen and oxygen atoms in total. The second-order valence-electron chi connectivity index (χ2n) is 6.29. The van der Waals surface area contributed by atoms with Gasteiger partial charge in [0, 0.05) is 12.1 Å². The topological polar surface area (TPSA) is 3.24 Å². The molecule has 2 atom stereocenters. The summed E-state index contributed by atoms with van der Waals surface area (Å²) in [4.78, 5) is 2.64. The normalized spacial score (nSPS) is 31.1. The van der Waals surface area contributed by atoms with E-state index in [1.807, 2.05) is 0 Å². The maximum absolute atomic E-state index is 2.64. The molecule has 1 unspecified atom stereocenters. The van der Waals surface area contributed by atoms with Crippen molar-refractivity contribution in [2.24, 2.45) is 17.8 Å². The summed E-state index contributed by atoms with van der Waals surface area (Å²) in [5.41, 5.74) is 0.357. The van der Waals surface area contributed by atoms with Crippen LogP contribution in [0, 0.1) is 17.8 Å². The van der Waals surface area contributed by atoms with Crippen LogP contribution < -0.4 is 0 Å². The Morgan fingerprint density at radius 2 is 1.79 bits per heavy atom. The first-order valence-corrected chi connectivity index (χ1v) is 6.07. The molecule has 1 aliphatic rings. The lowest BCUT2D eigenvalue weighted by atomic mass is 9.78. The van der Waals surface area contributed by atoms with Crippen LogP contribution in [0.25, 0.3) is 0 Å². The molecule has 0 aromatic heterocycles. The van der Waals surface area contributed by atoms with Crippen LogP contribution in [-0.4, -0.2) is 23.5 Å². The number of hydrogen-bond donors (Lipinski definition) is 0. The summed E-state index contributed by atoms with van der Waals surface area (Å²) in [5, 5.41) is 0. The van der Waals surface area contributed by atoms with Crippen molar-refractivity contribution in [1.82, 2.24) is 4.90 Å². The van der Waals surface area contributed by atoms with Gasteiger partial charge in [0.1, 0.15) is 0 Å². The zero-order valence-corrected chi connectivity index (χ0v) is 10.8. The van der Waals surface area contributed by atoms with Crippen molar-refractivity contribution < 1.29 is 0 Å². The minimum atomic E-state index is 0.357. The molecule has 0 saturated carbocycles. The molecule has 1 saturated heterocycles. The molecule has 0 N–H and O–H groups in total. The van der Waals surface area contributed by atoms with E-state index in [4.69, 9.17) is 0 Å². The molecular weight excluding hydrogens is 170 g/mol. The van der Waals surface area contributed by atoms with Crippen LogP contribution in [0.5, 0.6) is 0 Å². The molecule has 0 aromatic carbocycles. The Labute approximate surface area is 89.9 Å². The Balaban J connectivity index is 2.55. The molecule has 14 heavy (non-hydrogen) atoms. The molecule has 1 fully saturated rings. The fraction of sp³-hybridized carbons (Fsp3) is 1.00. The maximum atomic E-state index is 2.64. The maximum Gasteiger partial charge on any atom is 0.0125 e. The molecule has 0 bridgehead atoms. The van der Waals surface area contributed by atoms with Gasteiger partial charge in [0.15, 0.2) is 0 Å². The van der Waals surface area contributed by atoms with Gasteiger partial charge in [-0.3, -0.25) is 4.90 Å². The van der Waals surface area contributed by atoms with E-state index >= 15 is 0 Å². The minimum Gasteiger partial charge on any atom is -0.298 e. The Kier molecular flexibility index (Phi) is 3.63. The Hall–Kier alpha value is -0.0400. The highest BCUT2D eigenvalue weighted by molar-refractivity contribution is 4.85. The lowest BCUT2D eigenvalue weighted by Crippen LogP contribution is -2.49. The Morgan fingerprint density at radius 3 is 2.14 bits per heavy atom. The van der Waals surface area contributed by atoms with Crippen molar-refractivity contribution in [3.8, 4) is 0 Å². The molecular formula is C13H27N. The fourth-order valence-corrected chi connectivity index (χ4v) is 2.76. The molecule has 0 amide bonds. The van der Waals surface area contributed by atoms with Crippen LogP contribution in [0.15, 0.2) is 0 Å². The smallest absolute Gasteiger partial charge is 0.0125 e. The highest BCUT2D eigenvalue weighted by Crippen LogP contribution is 2.32. The van der Waals surface area contributed by atoms with Crippen molar-refractivity contribution in [1.29, 1.82) is 0 Å². The van der Waals surface area contributed by atoms with Crippen LogP contribution in [0.1, 0.15) is 48.0 Å². The van der Waals surface area contributed by atoms with Crippen LogP contribution in [0.4, 0.5) is 0 Å². The second kappa shape index (κ2) is 4.22. The van der Waals surface area contributed by atoms with Gasteiger partial charge in [-0.15, -0.1) is 0 Å². The SMILES string of the molecule is CC(C)C1CCN(C(C)(C)C)C[C@H]1C. The third kappa shape index (κ3) is 2.73. The number of likely N-dealkylation sites (tertiary alicyclic amines) is 1. The van der Waals surface area contributed by atoms with Gasteiger partial charge in [-0.25, -0.2) is 0 Å². The monoisotopic (exact) mass is 197 g/mol. The van der Waals surface area contributed by atoms with Gasteiger partial charge in [-0.1, -0.05) is 20.8 Å². The summed E-state index contributed by atoms with van der Waals surface area (Å²) in [6.07, 6.45) is 1.39. The van der Waals surface area contributed by atoms with E-state index in [-0.39, 0.29) is 0 Å². The molecule has 1 heteroatoms. The number of hydrogen-bond acceptors (Lipinski definition) is 1. The van der Waals surface area contributed by atoms with E-state index in [1.165, 1.54) is 19.5 Å². The lowest BCUT2D eigenvalue weighted by Gasteiger charge is -2.45. The summed E-state index contributed by atoms with van der Waals surface area (Å²) in [7, 11) is 0. The first-order valence-electron chi connectivity index (χ1n) is 6.07. The van der Waals surface area contributed by atoms with E-state index in [1.54, 1.807) is 0 Å².